The Labute approximate surface area is 245 Å². The first-order valence-electron chi connectivity index (χ1n) is 14.2. The van der Waals surface area contributed by atoms with Gasteiger partial charge in [-0.3, -0.25) is 4.31 Å². The molecule has 0 aliphatic carbocycles. The fourth-order valence-corrected chi connectivity index (χ4v) is 6.74. The molecular weight excluding hydrogens is 557 g/mol. The van der Waals surface area contributed by atoms with Crippen LogP contribution in [0.2, 0.25) is 0 Å². The predicted molar refractivity (Wildman–Crippen MR) is 166 cm³/mol. The molecule has 0 bridgehead atoms. The fourth-order valence-electron chi connectivity index (χ4n) is 5.77. The van der Waals surface area contributed by atoms with E-state index in [1.54, 1.807) is 12.3 Å². The average Bonchev–Trinajstić information content (AvgIpc) is 3.62. The summed E-state index contributed by atoms with van der Waals surface area (Å²) in [5, 5.41) is 13.9. The Bertz CT molecular complexity index is 1690. The van der Waals surface area contributed by atoms with E-state index in [2.05, 4.69) is 36.1 Å². The number of sulfonamides is 1. The number of rotatable bonds is 10. The van der Waals surface area contributed by atoms with E-state index in [4.69, 9.17) is 4.98 Å². The second kappa shape index (κ2) is 11.7. The molecule has 1 saturated heterocycles. The van der Waals surface area contributed by atoms with Gasteiger partial charge in [0.05, 0.1) is 28.7 Å². The maximum absolute atomic E-state index is 15.3. The molecular formula is C29H36FN9O2S. The van der Waals surface area contributed by atoms with Crippen molar-refractivity contribution in [1.29, 1.82) is 0 Å². The number of nitrogens with zero attached hydrogens (tertiary/aromatic N) is 4. The van der Waals surface area contributed by atoms with Crippen LogP contribution in [0.5, 0.6) is 0 Å². The molecule has 13 heteroatoms. The highest BCUT2D eigenvalue weighted by Gasteiger charge is 2.29. The molecule has 0 spiro atoms. The molecule has 2 aromatic carbocycles. The van der Waals surface area contributed by atoms with Gasteiger partial charge in [-0.25, -0.2) is 12.8 Å². The van der Waals surface area contributed by atoms with Crippen LogP contribution < -0.4 is 30.5 Å². The van der Waals surface area contributed by atoms with Gasteiger partial charge in [0, 0.05) is 50.6 Å². The normalized spacial score (nSPS) is 15.8. The fraction of sp³-hybridized carbons (Fsp3) is 0.379. The highest BCUT2D eigenvalue weighted by atomic mass is 32.2. The van der Waals surface area contributed by atoms with Gasteiger partial charge in [0.1, 0.15) is 17.3 Å². The van der Waals surface area contributed by atoms with Gasteiger partial charge < -0.3 is 31.2 Å². The van der Waals surface area contributed by atoms with Gasteiger partial charge in [0.25, 0.3) is 0 Å². The number of piperidine rings is 1. The third-order valence-corrected chi connectivity index (χ3v) is 9.04. The number of likely N-dealkylation sites (N-methyl/N-ethyl adjacent to an activating group) is 1. The number of aromatic nitrogens is 3. The van der Waals surface area contributed by atoms with E-state index in [0.717, 1.165) is 50.0 Å². The van der Waals surface area contributed by atoms with Crippen LogP contribution in [0.3, 0.4) is 0 Å². The van der Waals surface area contributed by atoms with E-state index in [-0.39, 0.29) is 11.8 Å². The van der Waals surface area contributed by atoms with Crippen molar-refractivity contribution in [3.05, 3.63) is 60.0 Å². The first-order chi connectivity index (χ1) is 20.3. The van der Waals surface area contributed by atoms with E-state index in [0.29, 0.717) is 53.2 Å². The van der Waals surface area contributed by atoms with E-state index in [1.165, 1.54) is 16.6 Å². The SMILES string of the molecule is CNCCNC1CCN(c2ccc(Nc3nc(Nc4cccc5c4N(S(C)(=O)=O)CC5)c4cc[nH]c4n3)cc2F)CC1. The lowest BCUT2D eigenvalue weighted by Crippen LogP contribution is -2.44. The Morgan fingerprint density at radius 2 is 1.88 bits per heavy atom. The molecule has 0 atom stereocenters. The van der Waals surface area contributed by atoms with E-state index in [1.807, 2.05) is 37.4 Å². The number of H-pyrrole nitrogens is 1. The maximum Gasteiger partial charge on any atom is 0.232 e. The predicted octanol–water partition coefficient (Wildman–Crippen LogP) is 3.68. The summed E-state index contributed by atoms with van der Waals surface area (Å²) in [6, 6.07) is 13.1. The van der Waals surface area contributed by atoms with Crippen molar-refractivity contribution < 1.29 is 12.8 Å². The Hall–Kier alpha value is -3.94. The summed E-state index contributed by atoms with van der Waals surface area (Å²) in [5.41, 5.74) is 3.93. The van der Waals surface area contributed by atoms with Gasteiger partial charge in [-0.05, 0) is 62.2 Å². The topological polar surface area (TPSA) is 130 Å². The zero-order chi connectivity index (χ0) is 29.3. The summed E-state index contributed by atoms with van der Waals surface area (Å²) in [7, 11) is -1.50. The molecule has 4 heterocycles. The van der Waals surface area contributed by atoms with E-state index in [9.17, 15) is 8.42 Å². The lowest BCUT2D eigenvalue weighted by atomic mass is 10.0. The number of hydrogen-bond donors (Lipinski definition) is 5. The summed E-state index contributed by atoms with van der Waals surface area (Å²) < 4.78 is 41.6. The number of anilines is 6. The first kappa shape index (κ1) is 28.2. The van der Waals surface area contributed by atoms with Gasteiger partial charge in [0.15, 0.2) is 0 Å². The number of fused-ring (bicyclic) bond motifs is 2. The summed E-state index contributed by atoms with van der Waals surface area (Å²) >= 11 is 0. The Balaban J connectivity index is 1.20. The number of halogens is 1. The van der Waals surface area contributed by atoms with Crippen LogP contribution in [0, 0.1) is 5.82 Å². The minimum Gasteiger partial charge on any atom is -0.369 e. The molecule has 42 heavy (non-hydrogen) atoms. The summed E-state index contributed by atoms with van der Waals surface area (Å²) in [6.07, 6.45) is 5.55. The highest BCUT2D eigenvalue weighted by Crippen LogP contribution is 2.39. The average molecular weight is 594 g/mol. The Morgan fingerprint density at radius 1 is 1.05 bits per heavy atom. The minimum absolute atomic E-state index is 0.278. The molecule has 222 valence electrons. The zero-order valence-corrected chi connectivity index (χ0v) is 24.6. The molecule has 0 saturated carbocycles. The molecule has 0 amide bonds. The van der Waals surface area contributed by atoms with Crippen molar-refractivity contribution >= 4 is 55.6 Å². The minimum atomic E-state index is -3.44. The largest absolute Gasteiger partial charge is 0.369 e. The van der Waals surface area contributed by atoms with Crippen molar-refractivity contribution in [3.63, 3.8) is 0 Å². The number of aromatic amines is 1. The number of hydrogen-bond acceptors (Lipinski definition) is 9. The van der Waals surface area contributed by atoms with Gasteiger partial charge in [-0.1, -0.05) is 12.1 Å². The van der Waals surface area contributed by atoms with E-state index >= 15 is 4.39 Å². The second-order valence-electron chi connectivity index (χ2n) is 10.8. The summed E-state index contributed by atoms with van der Waals surface area (Å²) in [5.74, 6) is 0.475. The van der Waals surface area contributed by atoms with Crippen molar-refractivity contribution in [2.24, 2.45) is 0 Å². The molecule has 5 N–H and O–H groups in total. The Kier molecular flexibility index (Phi) is 7.88. The molecule has 4 aromatic rings. The first-order valence-corrected chi connectivity index (χ1v) is 16.1. The van der Waals surface area contributed by atoms with Crippen molar-refractivity contribution in [2.75, 3.05) is 65.9 Å². The van der Waals surface area contributed by atoms with Gasteiger partial charge in [-0.2, -0.15) is 9.97 Å². The summed E-state index contributed by atoms with van der Waals surface area (Å²) in [6.45, 7) is 3.84. The molecule has 6 rings (SSSR count). The monoisotopic (exact) mass is 593 g/mol. The number of benzene rings is 2. The maximum atomic E-state index is 15.3. The standard InChI is InChI=1S/C29H36FN9O2S/c1-31-13-14-32-20-10-15-38(16-11-20)25-7-6-21(18-23(25)30)34-29-36-27-22(8-12-33-27)28(37-29)35-24-5-3-4-19-9-17-39(26(19)24)42(2,40)41/h3-8,12,18,20,31-32H,9-11,13-17H2,1-2H3,(H3,33,34,35,36,37). The van der Waals surface area contributed by atoms with Gasteiger partial charge >= 0.3 is 0 Å². The molecule has 2 aliphatic heterocycles. The molecule has 0 unspecified atom stereocenters. The van der Waals surface area contributed by atoms with Crippen LogP contribution in [0.25, 0.3) is 11.0 Å². The smallest absolute Gasteiger partial charge is 0.232 e. The van der Waals surface area contributed by atoms with E-state index < -0.39 is 10.0 Å². The van der Waals surface area contributed by atoms with Crippen LogP contribution in [0.15, 0.2) is 48.7 Å². The van der Waals surface area contributed by atoms with Gasteiger partial charge in [-0.15, -0.1) is 0 Å². The van der Waals surface area contributed by atoms with Crippen molar-refractivity contribution in [2.45, 2.75) is 25.3 Å². The van der Waals surface area contributed by atoms with Gasteiger partial charge in [0.2, 0.25) is 16.0 Å². The molecule has 2 aromatic heterocycles. The van der Waals surface area contributed by atoms with Crippen LogP contribution in [0.4, 0.5) is 38.9 Å². The zero-order valence-electron chi connectivity index (χ0n) is 23.7. The third-order valence-electron chi connectivity index (χ3n) is 7.87. The Morgan fingerprint density at radius 3 is 2.64 bits per heavy atom. The molecule has 0 radical (unpaired) electrons. The number of nitrogens with one attached hydrogen (secondary N) is 5. The molecule has 1 fully saturated rings. The highest BCUT2D eigenvalue weighted by molar-refractivity contribution is 7.92. The van der Waals surface area contributed by atoms with Crippen LogP contribution >= 0.6 is 0 Å². The lowest BCUT2D eigenvalue weighted by molar-refractivity contribution is 0.413. The summed E-state index contributed by atoms with van der Waals surface area (Å²) in [4.78, 5) is 14.5. The third kappa shape index (κ3) is 5.85. The number of para-hydroxylation sites is 1. The lowest BCUT2D eigenvalue weighted by Gasteiger charge is -2.34. The second-order valence-corrected chi connectivity index (χ2v) is 12.7. The van der Waals surface area contributed by atoms with Crippen molar-refractivity contribution in [1.82, 2.24) is 25.6 Å². The molecule has 2 aliphatic rings. The van der Waals surface area contributed by atoms with Crippen LogP contribution in [-0.4, -0.2) is 75.4 Å². The quantitative estimate of drug-likeness (QED) is 0.175. The van der Waals surface area contributed by atoms with Crippen LogP contribution in [-0.2, 0) is 16.4 Å². The molecule has 11 nitrogen and oxygen atoms in total. The van der Waals surface area contributed by atoms with Crippen LogP contribution in [0.1, 0.15) is 18.4 Å². The van der Waals surface area contributed by atoms with Crippen molar-refractivity contribution in [3.8, 4) is 0 Å².